The summed E-state index contributed by atoms with van der Waals surface area (Å²) >= 11 is 0. The number of carbonyl (C=O) groups is 2. The Morgan fingerprint density at radius 3 is 2.58 bits per heavy atom. The minimum absolute atomic E-state index is 0.0285. The molecule has 1 unspecified atom stereocenters. The van der Waals surface area contributed by atoms with Gasteiger partial charge >= 0.3 is 0 Å². The molecule has 2 fully saturated rings. The normalized spacial score (nSPS) is 21.0. The average Bonchev–Trinajstić information content (AvgIpc) is 3.52. The number of nitrogens with zero attached hydrogens (tertiary/aromatic N) is 3. The molecule has 1 aromatic carbocycles. The van der Waals surface area contributed by atoms with Crippen molar-refractivity contribution in [2.24, 2.45) is 5.92 Å². The lowest BCUT2D eigenvalue weighted by Crippen LogP contribution is -2.55. The van der Waals surface area contributed by atoms with Crippen LogP contribution in [0.2, 0.25) is 0 Å². The zero-order chi connectivity index (χ0) is 23.2. The largest absolute Gasteiger partial charge is 0.343 e. The van der Waals surface area contributed by atoms with Crippen LogP contribution < -0.4 is 10.6 Å². The molecule has 1 aromatic heterocycles. The summed E-state index contributed by atoms with van der Waals surface area (Å²) in [7, 11) is 1.77. The molecule has 0 radical (unpaired) electrons. The number of amides is 2. The van der Waals surface area contributed by atoms with Gasteiger partial charge in [-0.05, 0) is 51.1 Å². The second-order valence-corrected chi connectivity index (χ2v) is 9.54. The predicted molar refractivity (Wildman–Crippen MR) is 128 cm³/mol. The van der Waals surface area contributed by atoms with Gasteiger partial charge in [0, 0.05) is 19.3 Å². The van der Waals surface area contributed by atoms with E-state index in [0.717, 1.165) is 57.3 Å². The predicted octanol–water partition coefficient (Wildman–Crippen LogP) is 3.27. The molecular weight excluding hydrogens is 414 g/mol. The van der Waals surface area contributed by atoms with E-state index in [2.05, 4.69) is 38.5 Å². The molecule has 33 heavy (non-hydrogen) atoms. The number of rotatable bonds is 8. The van der Waals surface area contributed by atoms with Crippen LogP contribution in [-0.4, -0.2) is 51.9 Å². The van der Waals surface area contributed by atoms with E-state index in [0.29, 0.717) is 0 Å². The molecule has 0 spiro atoms. The maximum atomic E-state index is 13.8. The van der Waals surface area contributed by atoms with Crippen molar-refractivity contribution < 1.29 is 9.59 Å². The highest BCUT2D eigenvalue weighted by Gasteiger charge is 2.39. The van der Waals surface area contributed by atoms with Gasteiger partial charge in [0.2, 0.25) is 11.8 Å². The maximum absolute atomic E-state index is 13.8. The lowest BCUT2D eigenvalue weighted by atomic mass is 9.83. The third-order valence-electron chi connectivity index (χ3n) is 7.25. The van der Waals surface area contributed by atoms with Gasteiger partial charge in [-0.2, -0.15) is 0 Å². The molecule has 1 aliphatic heterocycles. The van der Waals surface area contributed by atoms with E-state index >= 15 is 0 Å². The molecule has 0 bridgehead atoms. The van der Waals surface area contributed by atoms with Crippen molar-refractivity contribution in [3.8, 4) is 0 Å². The van der Waals surface area contributed by atoms with Crippen molar-refractivity contribution in [3.05, 3.63) is 54.1 Å². The SMILES string of the molecule is CNC(C)C(=O)N[C@H](C(=O)N1CCC[C@H]1c1cn(Cc2ccccc2)cn1)C1CCCCC1. The number of nitrogens with one attached hydrogen (secondary N) is 2. The number of benzene rings is 1. The van der Waals surface area contributed by atoms with Gasteiger partial charge in [0.15, 0.2) is 0 Å². The second kappa shape index (κ2) is 11.0. The van der Waals surface area contributed by atoms with E-state index < -0.39 is 6.04 Å². The molecule has 3 atom stereocenters. The van der Waals surface area contributed by atoms with Crippen LogP contribution in [0.1, 0.15) is 69.2 Å². The number of hydrogen-bond acceptors (Lipinski definition) is 4. The molecule has 2 aliphatic rings. The van der Waals surface area contributed by atoms with Crippen LogP contribution in [-0.2, 0) is 16.1 Å². The van der Waals surface area contributed by atoms with Crippen LogP contribution in [0.5, 0.6) is 0 Å². The van der Waals surface area contributed by atoms with Gasteiger partial charge in [-0.3, -0.25) is 9.59 Å². The molecule has 2 N–H and O–H groups in total. The third kappa shape index (κ3) is 5.64. The molecule has 2 amide bonds. The number of likely N-dealkylation sites (N-methyl/N-ethyl adjacent to an activating group) is 1. The van der Waals surface area contributed by atoms with Gasteiger partial charge < -0.3 is 20.1 Å². The molecule has 2 aromatic rings. The highest BCUT2D eigenvalue weighted by Crippen LogP contribution is 2.34. The van der Waals surface area contributed by atoms with E-state index in [9.17, 15) is 9.59 Å². The Kier molecular flexibility index (Phi) is 7.81. The summed E-state index contributed by atoms with van der Waals surface area (Å²) in [5.41, 5.74) is 2.16. The summed E-state index contributed by atoms with van der Waals surface area (Å²) < 4.78 is 2.08. The quantitative estimate of drug-likeness (QED) is 0.646. The Hall–Kier alpha value is -2.67. The van der Waals surface area contributed by atoms with Crippen molar-refractivity contribution in [2.45, 2.75) is 76.5 Å². The zero-order valence-corrected chi connectivity index (χ0v) is 19.9. The van der Waals surface area contributed by atoms with Crippen molar-refractivity contribution in [2.75, 3.05) is 13.6 Å². The fourth-order valence-electron chi connectivity index (χ4n) is 5.20. The first-order valence-electron chi connectivity index (χ1n) is 12.4. The van der Waals surface area contributed by atoms with Gasteiger partial charge in [-0.25, -0.2) is 4.98 Å². The fraction of sp³-hybridized carbons (Fsp3) is 0.577. The molecule has 1 saturated carbocycles. The standard InChI is InChI=1S/C26H37N5O2/c1-19(27-2)25(32)29-24(21-12-7-4-8-13-21)26(33)31-15-9-14-23(31)22-17-30(18-28-22)16-20-10-5-3-6-11-20/h3,5-6,10-11,17-19,21,23-24,27H,4,7-9,12-16H2,1-2H3,(H,29,32)/t19?,23-,24-/m0/s1. The van der Waals surface area contributed by atoms with Gasteiger partial charge in [-0.1, -0.05) is 49.6 Å². The molecule has 1 aliphatic carbocycles. The molecule has 1 saturated heterocycles. The lowest BCUT2D eigenvalue weighted by Gasteiger charge is -2.35. The number of hydrogen-bond donors (Lipinski definition) is 2. The minimum Gasteiger partial charge on any atom is -0.343 e. The summed E-state index contributed by atoms with van der Waals surface area (Å²) in [6.45, 7) is 3.31. The molecule has 178 valence electrons. The van der Waals surface area contributed by atoms with E-state index in [-0.39, 0.29) is 29.8 Å². The van der Waals surface area contributed by atoms with Crippen LogP contribution in [0.25, 0.3) is 0 Å². The van der Waals surface area contributed by atoms with Gasteiger partial charge in [0.05, 0.1) is 24.1 Å². The maximum Gasteiger partial charge on any atom is 0.246 e. The molecule has 7 heteroatoms. The Morgan fingerprint density at radius 2 is 1.85 bits per heavy atom. The van der Waals surface area contributed by atoms with Crippen molar-refractivity contribution in [3.63, 3.8) is 0 Å². The van der Waals surface area contributed by atoms with Gasteiger partial charge in [0.1, 0.15) is 6.04 Å². The van der Waals surface area contributed by atoms with Crippen molar-refractivity contribution >= 4 is 11.8 Å². The Morgan fingerprint density at radius 1 is 1.09 bits per heavy atom. The zero-order valence-electron chi connectivity index (χ0n) is 19.9. The van der Waals surface area contributed by atoms with E-state index in [1.807, 2.05) is 36.4 Å². The third-order valence-corrected chi connectivity index (χ3v) is 7.25. The summed E-state index contributed by atoms with van der Waals surface area (Å²) in [4.78, 5) is 33.2. The van der Waals surface area contributed by atoms with Crippen molar-refractivity contribution in [1.82, 2.24) is 25.1 Å². The van der Waals surface area contributed by atoms with Crippen molar-refractivity contribution in [1.29, 1.82) is 0 Å². The van der Waals surface area contributed by atoms with Crippen LogP contribution in [0.4, 0.5) is 0 Å². The highest BCUT2D eigenvalue weighted by atomic mass is 16.2. The number of carbonyl (C=O) groups excluding carboxylic acids is 2. The average molecular weight is 452 g/mol. The Labute approximate surface area is 197 Å². The minimum atomic E-state index is -0.458. The summed E-state index contributed by atoms with van der Waals surface area (Å²) in [6.07, 6.45) is 11.2. The smallest absolute Gasteiger partial charge is 0.246 e. The van der Waals surface area contributed by atoms with Gasteiger partial charge in [0.25, 0.3) is 0 Å². The summed E-state index contributed by atoms with van der Waals surface area (Å²) in [5.74, 6) is 0.152. The van der Waals surface area contributed by atoms with Crippen LogP contribution in [0.3, 0.4) is 0 Å². The lowest BCUT2D eigenvalue weighted by molar-refractivity contribution is -0.139. The monoisotopic (exact) mass is 451 g/mol. The molecular formula is C26H37N5O2. The van der Waals surface area contributed by atoms with E-state index in [1.54, 1.807) is 7.05 Å². The first-order chi connectivity index (χ1) is 16.1. The first kappa shape index (κ1) is 23.5. The fourth-order valence-corrected chi connectivity index (χ4v) is 5.20. The number of likely N-dealkylation sites (tertiary alicyclic amines) is 1. The van der Waals surface area contributed by atoms with Crippen LogP contribution >= 0.6 is 0 Å². The summed E-state index contributed by atoms with van der Waals surface area (Å²) in [6, 6.07) is 9.50. The Bertz CT molecular complexity index is 922. The van der Waals surface area contributed by atoms with E-state index in [1.165, 1.54) is 12.0 Å². The Balaban J connectivity index is 1.50. The molecule has 7 nitrogen and oxygen atoms in total. The molecule has 2 heterocycles. The number of imidazole rings is 1. The highest BCUT2D eigenvalue weighted by molar-refractivity contribution is 5.90. The number of aromatic nitrogens is 2. The van der Waals surface area contributed by atoms with Crippen LogP contribution in [0, 0.1) is 5.92 Å². The van der Waals surface area contributed by atoms with Crippen LogP contribution in [0.15, 0.2) is 42.9 Å². The molecule has 4 rings (SSSR count). The van der Waals surface area contributed by atoms with E-state index in [4.69, 9.17) is 0 Å². The second-order valence-electron chi connectivity index (χ2n) is 9.54. The topological polar surface area (TPSA) is 79.3 Å². The first-order valence-corrected chi connectivity index (χ1v) is 12.4. The summed E-state index contributed by atoms with van der Waals surface area (Å²) in [5, 5.41) is 6.09. The van der Waals surface area contributed by atoms with Gasteiger partial charge in [-0.15, -0.1) is 0 Å².